The van der Waals surface area contributed by atoms with Gasteiger partial charge in [0, 0.05) is 6.07 Å². The zero-order chi connectivity index (χ0) is 12.8. The molecule has 6 nitrogen and oxygen atoms in total. The third-order valence-corrected chi connectivity index (χ3v) is 2.29. The van der Waals surface area contributed by atoms with Crippen molar-refractivity contribution >= 4 is 5.91 Å². The van der Waals surface area contributed by atoms with Crippen molar-refractivity contribution in [3.8, 4) is 5.88 Å². The summed E-state index contributed by atoms with van der Waals surface area (Å²) in [7, 11) is 1.52. The van der Waals surface area contributed by atoms with Crippen LogP contribution in [0, 0.1) is 0 Å². The Labute approximate surface area is 99.8 Å². The van der Waals surface area contributed by atoms with E-state index in [9.17, 15) is 4.79 Å². The fourth-order valence-corrected chi connectivity index (χ4v) is 1.26. The largest absolute Gasteiger partial charge is 0.481 e. The molecule has 1 aromatic heterocycles. The Morgan fingerprint density at radius 2 is 2.35 bits per heavy atom. The van der Waals surface area contributed by atoms with Gasteiger partial charge in [-0.3, -0.25) is 4.79 Å². The summed E-state index contributed by atoms with van der Waals surface area (Å²) < 4.78 is 4.99. The number of carbonyl (C=O) groups excluding carboxylic acids is 1. The lowest BCUT2D eigenvalue weighted by Gasteiger charge is -2.16. The third-order valence-electron chi connectivity index (χ3n) is 2.29. The monoisotopic (exact) mass is 239 g/mol. The van der Waals surface area contributed by atoms with Gasteiger partial charge in [-0.15, -0.1) is 0 Å². The van der Waals surface area contributed by atoms with Gasteiger partial charge in [0.25, 0.3) is 0 Å². The van der Waals surface area contributed by atoms with Crippen molar-refractivity contribution in [2.24, 2.45) is 5.73 Å². The molecule has 0 aliphatic heterocycles. The number of nitrogens with two attached hydrogens (primary N) is 1. The van der Waals surface area contributed by atoms with E-state index in [0.29, 0.717) is 11.6 Å². The Balaban J connectivity index is 2.69. The maximum atomic E-state index is 11.5. The number of rotatable bonds is 5. The van der Waals surface area contributed by atoms with Crippen LogP contribution in [0.25, 0.3) is 0 Å². The second-order valence-electron chi connectivity index (χ2n) is 3.62. The molecule has 0 aliphatic rings. The maximum Gasteiger partial charge on any atom is 0.239 e. The van der Waals surface area contributed by atoms with E-state index >= 15 is 0 Å². The van der Waals surface area contributed by atoms with Gasteiger partial charge in [-0.2, -0.15) is 0 Å². The summed E-state index contributed by atoms with van der Waals surface area (Å²) in [6.45, 7) is 1.40. The number of aliphatic hydroxyl groups is 1. The number of methoxy groups -OCH3 is 1. The number of aliphatic hydroxyl groups excluding tert-OH is 1. The van der Waals surface area contributed by atoms with Gasteiger partial charge in [-0.25, -0.2) is 4.98 Å². The number of hydrogen-bond donors (Lipinski definition) is 3. The number of ether oxygens (including phenoxy) is 1. The summed E-state index contributed by atoms with van der Waals surface area (Å²) in [6, 6.07) is 4.07. The number of hydrogen-bond acceptors (Lipinski definition) is 5. The van der Waals surface area contributed by atoms with Gasteiger partial charge in [-0.1, -0.05) is 6.07 Å². The molecule has 1 rings (SSSR count). The highest BCUT2D eigenvalue weighted by Gasteiger charge is 2.16. The van der Waals surface area contributed by atoms with Crippen LogP contribution in [0.4, 0.5) is 0 Å². The van der Waals surface area contributed by atoms with Crippen molar-refractivity contribution in [2.45, 2.75) is 19.0 Å². The molecule has 2 atom stereocenters. The van der Waals surface area contributed by atoms with Crippen LogP contribution in [0.3, 0.4) is 0 Å². The van der Waals surface area contributed by atoms with E-state index in [2.05, 4.69) is 10.3 Å². The van der Waals surface area contributed by atoms with E-state index in [4.69, 9.17) is 15.6 Å². The molecule has 4 N–H and O–H groups in total. The Morgan fingerprint density at radius 1 is 1.65 bits per heavy atom. The highest BCUT2D eigenvalue weighted by Crippen LogP contribution is 2.13. The van der Waals surface area contributed by atoms with Gasteiger partial charge < -0.3 is 20.9 Å². The average molecular weight is 239 g/mol. The average Bonchev–Trinajstić information content (AvgIpc) is 2.37. The smallest absolute Gasteiger partial charge is 0.239 e. The number of pyridine rings is 1. The first-order valence-corrected chi connectivity index (χ1v) is 5.26. The molecule has 0 saturated carbocycles. The summed E-state index contributed by atoms with van der Waals surface area (Å²) in [6.07, 6.45) is 0. The van der Waals surface area contributed by atoms with E-state index in [0.717, 1.165) is 0 Å². The molecule has 17 heavy (non-hydrogen) atoms. The zero-order valence-corrected chi connectivity index (χ0v) is 9.88. The minimum atomic E-state index is -0.914. The molecule has 1 heterocycles. The van der Waals surface area contributed by atoms with Crippen molar-refractivity contribution in [1.82, 2.24) is 10.3 Å². The predicted molar refractivity (Wildman–Crippen MR) is 62.4 cm³/mol. The highest BCUT2D eigenvalue weighted by molar-refractivity contribution is 5.81. The third kappa shape index (κ3) is 3.69. The van der Waals surface area contributed by atoms with Crippen LogP contribution in [-0.2, 0) is 4.79 Å². The van der Waals surface area contributed by atoms with Crippen molar-refractivity contribution < 1.29 is 14.6 Å². The van der Waals surface area contributed by atoms with Crippen molar-refractivity contribution in [1.29, 1.82) is 0 Å². The fourth-order valence-electron chi connectivity index (χ4n) is 1.26. The summed E-state index contributed by atoms with van der Waals surface area (Å²) in [5.41, 5.74) is 6.06. The minimum Gasteiger partial charge on any atom is -0.481 e. The van der Waals surface area contributed by atoms with Crippen LogP contribution in [0.5, 0.6) is 5.88 Å². The number of aromatic nitrogens is 1. The Bertz CT molecular complexity index is 384. The van der Waals surface area contributed by atoms with Crippen LogP contribution in [-0.4, -0.2) is 35.8 Å². The molecular weight excluding hydrogens is 222 g/mol. The second-order valence-corrected chi connectivity index (χ2v) is 3.62. The van der Waals surface area contributed by atoms with Crippen molar-refractivity contribution in [3.63, 3.8) is 0 Å². The first-order chi connectivity index (χ1) is 8.08. The van der Waals surface area contributed by atoms with Crippen molar-refractivity contribution in [3.05, 3.63) is 23.9 Å². The number of amides is 1. The topological polar surface area (TPSA) is 97.5 Å². The Morgan fingerprint density at radius 3 is 2.94 bits per heavy atom. The zero-order valence-electron chi connectivity index (χ0n) is 9.88. The van der Waals surface area contributed by atoms with Crippen LogP contribution >= 0.6 is 0 Å². The van der Waals surface area contributed by atoms with Gasteiger partial charge in [0.1, 0.15) is 6.04 Å². The predicted octanol–water partition coefficient (Wildman–Crippen LogP) is -0.413. The van der Waals surface area contributed by atoms with E-state index in [1.807, 2.05) is 0 Å². The fraction of sp³-hybridized carbons (Fsp3) is 0.455. The van der Waals surface area contributed by atoms with E-state index in [-0.39, 0.29) is 12.6 Å². The lowest BCUT2D eigenvalue weighted by atomic mass is 10.2. The lowest BCUT2D eigenvalue weighted by Crippen LogP contribution is -2.43. The first-order valence-electron chi connectivity index (χ1n) is 5.26. The SMILES string of the molecule is COc1cccc([C@@H](C)NC(=O)[C@H](N)CO)n1. The standard InChI is InChI=1S/C11H17N3O3/c1-7(13-11(16)8(12)6-15)9-4-3-5-10(14-9)17-2/h3-5,7-8,15H,6,12H2,1-2H3,(H,13,16)/t7-,8-/m1/s1. The first kappa shape index (κ1) is 13.4. The molecule has 6 heteroatoms. The van der Waals surface area contributed by atoms with Gasteiger partial charge in [0.05, 0.1) is 25.5 Å². The van der Waals surface area contributed by atoms with Crippen LogP contribution < -0.4 is 15.8 Å². The Kier molecular flexibility index (Phi) is 4.86. The molecule has 0 bridgehead atoms. The molecule has 1 aromatic rings. The minimum absolute atomic E-state index is 0.296. The molecule has 0 saturated heterocycles. The molecule has 0 radical (unpaired) electrons. The second kappa shape index (κ2) is 6.17. The van der Waals surface area contributed by atoms with Gasteiger partial charge >= 0.3 is 0 Å². The molecule has 0 aliphatic carbocycles. The highest BCUT2D eigenvalue weighted by atomic mass is 16.5. The Hall–Kier alpha value is -1.66. The molecule has 0 unspecified atom stereocenters. The van der Waals surface area contributed by atoms with E-state index in [1.165, 1.54) is 7.11 Å². The number of nitrogens with one attached hydrogen (secondary N) is 1. The molecular formula is C11H17N3O3. The lowest BCUT2D eigenvalue weighted by molar-refractivity contribution is -0.123. The number of nitrogens with zero attached hydrogens (tertiary/aromatic N) is 1. The summed E-state index contributed by atoms with van der Waals surface area (Å²) >= 11 is 0. The van der Waals surface area contributed by atoms with Gasteiger partial charge in [-0.05, 0) is 13.0 Å². The van der Waals surface area contributed by atoms with Crippen molar-refractivity contribution in [2.75, 3.05) is 13.7 Å². The summed E-state index contributed by atoms with van der Waals surface area (Å²) in [5, 5.41) is 11.4. The van der Waals surface area contributed by atoms with Gasteiger partial charge in [0.15, 0.2) is 0 Å². The van der Waals surface area contributed by atoms with Crippen LogP contribution in [0.1, 0.15) is 18.7 Å². The molecule has 0 fully saturated rings. The molecule has 0 aromatic carbocycles. The summed E-state index contributed by atoms with van der Waals surface area (Å²) in [5.74, 6) is 0.0691. The van der Waals surface area contributed by atoms with Gasteiger partial charge in [0.2, 0.25) is 11.8 Å². The molecule has 94 valence electrons. The molecule has 0 spiro atoms. The van der Waals surface area contributed by atoms with E-state index < -0.39 is 11.9 Å². The van der Waals surface area contributed by atoms with E-state index in [1.54, 1.807) is 25.1 Å². The number of carbonyl (C=O) groups is 1. The molecule has 1 amide bonds. The summed E-state index contributed by atoms with van der Waals surface area (Å²) in [4.78, 5) is 15.6. The maximum absolute atomic E-state index is 11.5. The quantitative estimate of drug-likeness (QED) is 0.648. The van der Waals surface area contributed by atoms with Crippen LogP contribution in [0.2, 0.25) is 0 Å². The van der Waals surface area contributed by atoms with Crippen LogP contribution in [0.15, 0.2) is 18.2 Å². The normalized spacial score (nSPS) is 13.9.